The van der Waals surface area contributed by atoms with Crippen molar-refractivity contribution in [2.75, 3.05) is 46.9 Å². The molecular weight excluding hydrogens is 204 g/mol. The number of rotatable bonds is 4. The fraction of sp³-hybridized carbons (Fsp3) is 0.917. The molecule has 1 heterocycles. The van der Waals surface area contributed by atoms with Crippen LogP contribution in [0.15, 0.2) is 0 Å². The first-order valence-electron chi connectivity index (χ1n) is 6.19. The number of piperazine rings is 1. The number of carbonyl (C=O) groups excluding carboxylic acids is 1. The summed E-state index contributed by atoms with van der Waals surface area (Å²) < 4.78 is 4.92. The van der Waals surface area contributed by atoms with Gasteiger partial charge in [-0.2, -0.15) is 0 Å². The van der Waals surface area contributed by atoms with Gasteiger partial charge in [-0.05, 0) is 13.5 Å². The van der Waals surface area contributed by atoms with E-state index < -0.39 is 0 Å². The molecule has 0 bridgehead atoms. The summed E-state index contributed by atoms with van der Waals surface area (Å²) in [4.78, 5) is 15.8. The van der Waals surface area contributed by atoms with Crippen molar-refractivity contribution in [1.29, 1.82) is 0 Å². The maximum atomic E-state index is 11.6. The maximum Gasteiger partial charge on any atom is 0.222 e. The second-order valence-corrected chi connectivity index (χ2v) is 3.78. The minimum atomic E-state index is 0.273. The number of amides is 1. The summed E-state index contributed by atoms with van der Waals surface area (Å²) in [6, 6.07) is 0. The minimum absolute atomic E-state index is 0.273. The number of carbonyl (C=O) groups is 1. The van der Waals surface area contributed by atoms with E-state index in [1.54, 1.807) is 7.11 Å². The molecule has 4 nitrogen and oxygen atoms in total. The van der Waals surface area contributed by atoms with Gasteiger partial charge < -0.3 is 14.5 Å². The Labute approximate surface area is 99.5 Å². The lowest BCUT2D eigenvalue weighted by atomic mass is 10.2. The Morgan fingerprint density at radius 1 is 1.19 bits per heavy atom. The summed E-state index contributed by atoms with van der Waals surface area (Å²) in [6.07, 6.45) is 1.46. The van der Waals surface area contributed by atoms with Crippen LogP contribution >= 0.6 is 0 Å². The van der Waals surface area contributed by atoms with Crippen LogP contribution < -0.4 is 0 Å². The van der Waals surface area contributed by atoms with Crippen molar-refractivity contribution in [1.82, 2.24) is 9.80 Å². The van der Waals surface area contributed by atoms with Crippen LogP contribution in [0.1, 0.15) is 26.7 Å². The molecule has 1 aliphatic heterocycles. The van der Waals surface area contributed by atoms with Gasteiger partial charge >= 0.3 is 0 Å². The van der Waals surface area contributed by atoms with Crippen molar-refractivity contribution >= 4 is 5.91 Å². The summed E-state index contributed by atoms with van der Waals surface area (Å²) in [5.74, 6) is 0.273. The standard InChI is InChI=1S/C10H20N2O2.C2H6/c1-11-5-7-12(8-6-11)10(13)4-3-9-14-2;1-2/h3-9H2,1-2H3;1-2H3. The summed E-state index contributed by atoms with van der Waals surface area (Å²) in [6.45, 7) is 8.43. The first kappa shape index (κ1) is 15.4. The molecule has 0 aliphatic carbocycles. The first-order valence-corrected chi connectivity index (χ1v) is 6.19. The molecule has 0 radical (unpaired) electrons. The second kappa shape index (κ2) is 9.60. The number of hydrogen-bond acceptors (Lipinski definition) is 3. The predicted molar refractivity (Wildman–Crippen MR) is 66.5 cm³/mol. The van der Waals surface area contributed by atoms with Gasteiger partial charge in [0.05, 0.1) is 0 Å². The number of nitrogens with zero attached hydrogens (tertiary/aromatic N) is 2. The van der Waals surface area contributed by atoms with Crippen molar-refractivity contribution in [2.45, 2.75) is 26.7 Å². The van der Waals surface area contributed by atoms with Gasteiger partial charge in [0, 0.05) is 46.3 Å². The Morgan fingerprint density at radius 3 is 2.25 bits per heavy atom. The van der Waals surface area contributed by atoms with Crippen LogP contribution in [-0.2, 0) is 9.53 Å². The van der Waals surface area contributed by atoms with Crippen LogP contribution in [0, 0.1) is 0 Å². The van der Waals surface area contributed by atoms with E-state index >= 15 is 0 Å². The fourth-order valence-electron chi connectivity index (χ4n) is 1.58. The molecule has 4 heteroatoms. The Hall–Kier alpha value is -0.610. The van der Waals surface area contributed by atoms with Gasteiger partial charge in [-0.15, -0.1) is 0 Å². The summed E-state index contributed by atoms with van der Waals surface area (Å²) in [7, 11) is 3.76. The van der Waals surface area contributed by atoms with E-state index in [9.17, 15) is 4.79 Å². The van der Waals surface area contributed by atoms with Crippen LogP contribution in [-0.4, -0.2) is 62.7 Å². The zero-order chi connectivity index (χ0) is 12.4. The lowest BCUT2D eigenvalue weighted by Crippen LogP contribution is -2.47. The molecule has 1 rings (SSSR count). The predicted octanol–water partition coefficient (Wildman–Crippen LogP) is 1.21. The third-order valence-electron chi connectivity index (χ3n) is 2.60. The lowest BCUT2D eigenvalue weighted by Gasteiger charge is -2.32. The van der Waals surface area contributed by atoms with Gasteiger partial charge in [-0.3, -0.25) is 4.79 Å². The van der Waals surface area contributed by atoms with Crippen LogP contribution in [0.2, 0.25) is 0 Å². The van der Waals surface area contributed by atoms with Crippen molar-refractivity contribution in [3.63, 3.8) is 0 Å². The highest BCUT2D eigenvalue weighted by Gasteiger charge is 2.17. The lowest BCUT2D eigenvalue weighted by molar-refractivity contribution is -0.133. The molecule has 0 aromatic heterocycles. The topological polar surface area (TPSA) is 32.8 Å². The van der Waals surface area contributed by atoms with Gasteiger partial charge in [0.2, 0.25) is 5.91 Å². The normalized spacial score (nSPS) is 16.6. The van der Waals surface area contributed by atoms with E-state index in [-0.39, 0.29) is 5.91 Å². The smallest absolute Gasteiger partial charge is 0.222 e. The Bertz CT molecular complexity index is 178. The van der Waals surface area contributed by atoms with Gasteiger partial charge in [0.25, 0.3) is 0 Å². The average Bonchev–Trinajstić information content (AvgIpc) is 2.33. The molecule has 0 aromatic carbocycles. The average molecular weight is 230 g/mol. The molecule has 0 atom stereocenters. The van der Waals surface area contributed by atoms with Crippen molar-refractivity contribution in [3.8, 4) is 0 Å². The molecular formula is C12H26N2O2. The molecule has 0 unspecified atom stereocenters. The minimum Gasteiger partial charge on any atom is -0.385 e. The van der Waals surface area contributed by atoms with Crippen LogP contribution in [0.25, 0.3) is 0 Å². The largest absolute Gasteiger partial charge is 0.385 e. The molecule has 0 N–H and O–H groups in total. The highest BCUT2D eigenvalue weighted by molar-refractivity contribution is 5.76. The van der Waals surface area contributed by atoms with Crippen molar-refractivity contribution in [3.05, 3.63) is 0 Å². The van der Waals surface area contributed by atoms with Crippen LogP contribution in [0.5, 0.6) is 0 Å². The second-order valence-electron chi connectivity index (χ2n) is 3.78. The quantitative estimate of drug-likeness (QED) is 0.681. The highest BCUT2D eigenvalue weighted by Crippen LogP contribution is 2.03. The molecule has 1 saturated heterocycles. The number of methoxy groups -OCH3 is 1. The molecule has 0 saturated carbocycles. The zero-order valence-corrected chi connectivity index (χ0v) is 11.2. The van der Waals surface area contributed by atoms with E-state index in [2.05, 4.69) is 11.9 Å². The third-order valence-corrected chi connectivity index (χ3v) is 2.60. The molecule has 0 spiro atoms. The molecule has 1 aliphatic rings. The van der Waals surface area contributed by atoms with E-state index in [4.69, 9.17) is 4.74 Å². The Kier molecular flexibility index (Phi) is 9.24. The third kappa shape index (κ3) is 6.08. The summed E-state index contributed by atoms with van der Waals surface area (Å²) >= 11 is 0. The van der Waals surface area contributed by atoms with Crippen LogP contribution in [0.3, 0.4) is 0 Å². The molecule has 16 heavy (non-hydrogen) atoms. The van der Waals surface area contributed by atoms with E-state index in [1.807, 2.05) is 18.7 Å². The maximum absolute atomic E-state index is 11.6. The van der Waals surface area contributed by atoms with E-state index in [0.717, 1.165) is 32.6 Å². The number of hydrogen-bond donors (Lipinski definition) is 0. The Balaban J connectivity index is 0.00000106. The molecule has 0 aromatic rings. The molecule has 96 valence electrons. The molecule has 1 fully saturated rings. The first-order chi connectivity index (χ1) is 7.74. The number of ether oxygens (including phenoxy) is 1. The van der Waals surface area contributed by atoms with Gasteiger partial charge in [0.15, 0.2) is 0 Å². The van der Waals surface area contributed by atoms with Crippen LogP contribution in [0.4, 0.5) is 0 Å². The van der Waals surface area contributed by atoms with Crippen molar-refractivity contribution in [2.24, 2.45) is 0 Å². The van der Waals surface area contributed by atoms with Gasteiger partial charge in [0.1, 0.15) is 0 Å². The summed E-state index contributed by atoms with van der Waals surface area (Å²) in [5, 5.41) is 0. The van der Waals surface area contributed by atoms with E-state index in [0.29, 0.717) is 13.0 Å². The van der Waals surface area contributed by atoms with E-state index in [1.165, 1.54) is 0 Å². The monoisotopic (exact) mass is 230 g/mol. The fourth-order valence-corrected chi connectivity index (χ4v) is 1.58. The van der Waals surface area contributed by atoms with Crippen molar-refractivity contribution < 1.29 is 9.53 Å². The van der Waals surface area contributed by atoms with Gasteiger partial charge in [-0.1, -0.05) is 13.8 Å². The number of likely N-dealkylation sites (N-methyl/N-ethyl adjacent to an activating group) is 1. The Morgan fingerprint density at radius 2 is 1.75 bits per heavy atom. The highest BCUT2D eigenvalue weighted by atomic mass is 16.5. The zero-order valence-electron chi connectivity index (χ0n) is 11.2. The summed E-state index contributed by atoms with van der Waals surface area (Å²) in [5.41, 5.74) is 0. The molecule has 1 amide bonds. The SMILES string of the molecule is CC.COCCCC(=O)N1CCN(C)CC1. The van der Waals surface area contributed by atoms with Gasteiger partial charge in [-0.25, -0.2) is 0 Å².